The molecule has 0 saturated carbocycles. The average Bonchev–Trinajstić information content (AvgIpc) is 4.01. The molecule has 8 bridgehead atoms. The fourth-order valence-corrected chi connectivity index (χ4v) is 7.67. The van der Waals surface area contributed by atoms with Crippen LogP contribution in [-0.4, -0.2) is 19.9 Å². The van der Waals surface area contributed by atoms with E-state index < -0.39 is 0 Å². The van der Waals surface area contributed by atoms with Crippen LogP contribution in [0.5, 0.6) is 0 Å². The van der Waals surface area contributed by atoms with Crippen LogP contribution in [0, 0.1) is 0 Å². The maximum atomic E-state index is 5.28. The Labute approximate surface area is 318 Å². The molecule has 0 radical (unpaired) electrons. The van der Waals surface area contributed by atoms with Crippen LogP contribution in [0.2, 0.25) is 0 Å². The molecule has 9 rings (SSSR count). The zero-order valence-electron chi connectivity index (χ0n) is 28.1. The molecule has 0 aliphatic carbocycles. The van der Waals surface area contributed by atoms with E-state index in [1.54, 1.807) is 0 Å². The summed E-state index contributed by atoms with van der Waals surface area (Å²) in [6.45, 7) is 0. The number of aromatic nitrogens is 4. The Balaban J connectivity index is 1.35. The van der Waals surface area contributed by atoms with Gasteiger partial charge in [0.1, 0.15) is 0 Å². The molecule has 2 N–H and O–H groups in total. The van der Waals surface area contributed by atoms with Crippen molar-refractivity contribution in [3.63, 3.8) is 0 Å². The van der Waals surface area contributed by atoms with Gasteiger partial charge in [0, 0.05) is 44.0 Å². The van der Waals surface area contributed by atoms with E-state index in [1.807, 2.05) is 6.07 Å². The van der Waals surface area contributed by atoms with Crippen LogP contribution in [0.1, 0.15) is 45.0 Å². The van der Waals surface area contributed by atoms with E-state index in [2.05, 4.69) is 194 Å². The molecule has 0 saturated heterocycles. The van der Waals surface area contributed by atoms with Gasteiger partial charge in [-0.2, -0.15) is 0 Å². The number of nitrogens with zero attached hydrogens (tertiary/aromatic N) is 2. The van der Waals surface area contributed by atoms with Crippen molar-refractivity contribution in [2.45, 2.75) is 10.7 Å². The first-order valence-electron chi connectivity index (χ1n) is 17.2. The largest absolute Gasteiger partial charge is 0.353 e. The lowest BCUT2D eigenvalue weighted by molar-refractivity contribution is 1.30. The van der Waals surface area contributed by atoms with Crippen LogP contribution in [-0.2, 0) is 10.7 Å². The standard InChI is InChI=1S/C46H32Br2N4/c47-27-29-11-15-33(16-12-29)37-25-45-46-26-38(34-17-13-30(28-48)14-18-34)42(52-46)22-20-40-36(32-9-5-2-6-10-32)24-44(50-40)43-23-35(31-7-3-1-4-8-31)39(49-43)19-21-41(37)51-45/h1-26,49,52H,27-28H2. The summed E-state index contributed by atoms with van der Waals surface area (Å²) in [6.07, 6.45) is 4.40. The van der Waals surface area contributed by atoms with Crippen molar-refractivity contribution < 1.29 is 0 Å². The minimum atomic E-state index is 0.812. The molecule has 0 unspecified atom stereocenters. The van der Waals surface area contributed by atoms with E-state index in [9.17, 15) is 0 Å². The first-order valence-corrected chi connectivity index (χ1v) is 19.5. The number of rotatable bonds is 6. The lowest BCUT2D eigenvalue weighted by atomic mass is 10.0. The fraction of sp³-hybridized carbons (Fsp3) is 0.0435. The quantitative estimate of drug-likeness (QED) is 0.165. The molecule has 3 aromatic heterocycles. The monoisotopic (exact) mass is 798 g/mol. The third-order valence-electron chi connectivity index (χ3n) is 9.67. The zero-order chi connectivity index (χ0) is 35.0. The molecule has 4 aromatic carbocycles. The van der Waals surface area contributed by atoms with Gasteiger partial charge in [0.15, 0.2) is 0 Å². The highest BCUT2D eigenvalue weighted by Crippen LogP contribution is 2.36. The Morgan fingerprint density at radius 2 is 0.808 bits per heavy atom. The summed E-state index contributed by atoms with van der Waals surface area (Å²) >= 11 is 7.20. The molecule has 5 heterocycles. The zero-order valence-corrected chi connectivity index (χ0v) is 31.2. The maximum absolute atomic E-state index is 5.28. The number of nitrogens with one attached hydrogen (secondary N) is 2. The van der Waals surface area contributed by atoms with Crippen LogP contribution in [0.3, 0.4) is 0 Å². The lowest BCUT2D eigenvalue weighted by Gasteiger charge is -2.03. The molecule has 0 spiro atoms. The molecule has 2 aliphatic heterocycles. The molecule has 7 aromatic rings. The first-order chi connectivity index (χ1) is 25.6. The van der Waals surface area contributed by atoms with Gasteiger partial charge in [0.25, 0.3) is 0 Å². The minimum absolute atomic E-state index is 0.812. The van der Waals surface area contributed by atoms with E-state index in [0.717, 1.165) is 100 Å². The van der Waals surface area contributed by atoms with E-state index in [-0.39, 0.29) is 0 Å². The number of H-pyrrole nitrogens is 2. The van der Waals surface area contributed by atoms with Gasteiger partial charge >= 0.3 is 0 Å². The topological polar surface area (TPSA) is 57.4 Å². The Bertz CT molecular complexity index is 2670. The molecule has 0 fully saturated rings. The van der Waals surface area contributed by atoms with Crippen LogP contribution in [0.4, 0.5) is 0 Å². The molecular weight excluding hydrogens is 768 g/mol. The van der Waals surface area contributed by atoms with Gasteiger partial charge in [-0.15, -0.1) is 0 Å². The normalized spacial score (nSPS) is 12.4. The molecule has 4 nitrogen and oxygen atoms in total. The molecule has 6 heteroatoms. The molecule has 2 aliphatic rings. The van der Waals surface area contributed by atoms with Crippen LogP contribution in [0.15, 0.2) is 146 Å². The van der Waals surface area contributed by atoms with Gasteiger partial charge in [-0.05, 0) is 81.9 Å². The summed E-state index contributed by atoms with van der Waals surface area (Å²) in [6, 6.07) is 51.4. The SMILES string of the molecule is BrCc1ccc(C2=Cc3nc2ccc2[nH]c(cc2-c2ccccc2)c2nc(ccc4[nH]c3cc4-c3ccc(CBr)cc3)C(c3ccccc3)=C2)cc1. The Hall–Kier alpha value is -5.56. The smallest absolute Gasteiger partial charge is 0.0879 e. The summed E-state index contributed by atoms with van der Waals surface area (Å²) in [5.74, 6) is 0. The predicted molar refractivity (Wildman–Crippen MR) is 224 cm³/mol. The fourth-order valence-electron chi connectivity index (χ4n) is 6.92. The number of halogens is 2. The van der Waals surface area contributed by atoms with E-state index in [4.69, 9.17) is 9.97 Å². The van der Waals surface area contributed by atoms with Gasteiger partial charge < -0.3 is 9.97 Å². The Kier molecular flexibility index (Phi) is 8.63. The minimum Gasteiger partial charge on any atom is -0.353 e. The van der Waals surface area contributed by atoms with Gasteiger partial charge in [-0.1, -0.05) is 141 Å². The summed E-state index contributed by atoms with van der Waals surface area (Å²) in [7, 11) is 0. The van der Waals surface area contributed by atoms with Gasteiger partial charge in [0.2, 0.25) is 0 Å². The van der Waals surface area contributed by atoms with Crippen LogP contribution >= 0.6 is 31.9 Å². The van der Waals surface area contributed by atoms with Crippen molar-refractivity contribution in [1.29, 1.82) is 0 Å². The number of alkyl halides is 2. The van der Waals surface area contributed by atoms with Crippen molar-refractivity contribution in [2.24, 2.45) is 0 Å². The molecule has 0 amide bonds. The highest BCUT2D eigenvalue weighted by atomic mass is 79.9. The number of fused-ring (bicyclic) bond motifs is 10. The maximum Gasteiger partial charge on any atom is 0.0879 e. The lowest BCUT2D eigenvalue weighted by Crippen LogP contribution is -1.86. The second kappa shape index (κ2) is 13.9. The molecule has 52 heavy (non-hydrogen) atoms. The number of benzene rings is 4. The molecule has 250 valence electrons. The number of hydrogen-bond acceptors (Lipinski definition) is 2. The summed E-state index contributed by atoms with van der Waals surface area (Å²) in [5, 5.41) is 1.63. The van der Waals surface area contributed by atoms with E-state index >= 15 is 0 Å². The summed E-state index contributed by atoms with van der Waals surface area (Å²) < 4.78 is 0. The third-order valence-corrected chi connectivity index (χ3v) is 11.0. The average molecular weight is 801 g/mol. The van der Waals surface area contributed by atoms with Gasteiger partial charge in [0.05, 0.1) is 33.8 Å². The number of aromatic amines is 2. The van der Waals surface area contributed by atoms with Crippen molar-refractivity contribution >= 4 is 77.2 Å². The molecular formula is C46H32Br2N4. The van der Waals surface area contributed by atoms with E-state index in [1.165, 1.54) is 11.1 Å². The van der Waals surface area contributed by atoms with Crippen LogP contribution in [0.25, 0.3) is 67.6 Å². The predicted octanol–water partition coefficient (Wildman–Crippen LogP) is 12.6. The van der Waals surface area contributed by atoms with Gasteiger partial charge in [-0.25, -0.2) is 9.97 Å². The number of hydrogen-bond donors (Lipinski definition) is 2. The molecule has 0 atom stereocenters. The Morgan fingerprint density at radius 3 is 1.27 bits per heavy atom. The first kappa shape index (κ1) is 32.4. The van der Waals surface area contributed by atoms with Crippen LogP contribution < -0.4 is 0 Å². The summed E-state index contributed by atoms with van der Waals surface area (Å²) in [4.78, 5) is 18.0. The summed E-state index contributed by atoms with van der Waals surface area (Å²) in [5.41, 5.74) is 18.8. The van der Waals surface area contributed by atoms with Crippen molar-refractivity contribution in [2.75, 3.05) is 0 Å². The van der Waals surface area contributed by atoms with Crippen molar-refractivity contribution in [3.8, 4) is 22.3 Å². The van der Waals surface area contributed by atoms with Crippen molar-refractivity contribution in [3.05, 3.63) is 191 Å². The second-order valence-electron chi connectivity index (χ2n) is 13.0. The highest BCUT2D eigenvalue weighted by molar-refractivity contribution is 9.08. The highest BCUT2D eigenvalue weighted by Gasteiger charge is 2.18. The van der Waals surface area contributed by atoms with Gasteiger partial charge in [-0.3, -0.25) is 0 Å². The second-order valence-corrected chi connectivity index (χ2v) is 14.1. The van der Waals surface area contributed by atoms with E-state index in [0.29, 0.717) is 0 Å². The Morgan fingerprint density at radius 1 is 0.404 bits per heavy atom. The van der Waals surface area contributed by atoms with Crippen molar-refractivity contribution in [1.82, 2.24) is 19.9 Å². The third kappa shape index (κ3) is 6.19.